The molecule has 2 rings (SSSR count). The zero-order valence-electron chi connectivity index (χ0n) is 15.3. The molecule has 2 aromatic rings. The third kappa shape index (κ3) is 6.92. The molecule has 0 heterocycles. The van der Waals surface area contributed by atoms with Crippen molar-refractivity contribution in [1.29, 1.82) is 0 Å². The fourth-order valence-electron chi connectivity index (χ4n) is 2.30. The lowest BCUT2D eigenvalue weighted by Gasteiger charge is -2.12. The van der Waals surface area contributed by atoms with Gasteiger partial charge in [0.25, 0.3) is 5.91 Å². The van der Waals surface area contributed by atoms with Crippen molar-refractivity contribution in [3.05, 3.63) is 65.7 Å². The molecule has 0 aliphatic carbocycles. The van der Waals surface area contributed by atoms with Gasteiger partial charge in [-0.25, -0.2) is 0 Å². The summed E-state index contributed by atoms with van der Waals surface area (Å²) >= 11 is 1.67. The predicted molar refractivity (Wildman–Crippen MR) is 107 cm³/mol. The zero-order chi connectivity index (χ0) is 18.8. The van der Waals surface area contributed by atoms with Gasteiger partial charge >= 0.3 is 0 Å². The predicted octanol–water partition coefficient (Wildman–Crippen LogP) is 4.01. The molecule has 5 heteroatoms. The first-order valence-corrected chi connectivity index (χ1v) is 9.91. The Bertz CT molecular complexity index is 719. The summed E-state index contributed by atoms with van der Waals surface area (Å²) < 4.78 is 0. The number of thioether (sulfide) groups is 1. The molecule has 2 aromatic carbocycles. The Morgan fingerprint density at radius 1 is 1.08 bits per heavy atom. The van der Waals surface area contributed by atoms with Gasteiger partial charge in [0.05, 0.1) is 0 Å². The number of hydrogen-bond acceptors (Lipinski definition) is 3. The zero-order valence-corrected chi connectivity index (χ0v) is 16.1. The van der Waals surface area contributed by atoms with Crippen molar-refractivity contribution in [3.63, 3.8) is 0 Å². The second-order valence-corrected chi connectivity index (χ2v) is 7.34. The van der Waals surface area contributed by atoms with E-state index in [2.05, 4.69) is 10.6 Å². The molecule has 0 aliphatic heterocycles. The Hall–Kier alpha value is -2.27. The smallest absolute Gasteiger partial charge is 0.251 e. The lowest BCUT2D eigenvalue weighted by molar-refractivity contribution is -0.120. The number of amides is 2. The standard InChI is InChI=1S/C21H26N2O2S/c1-3-16(2)23-21(25)18-9-7-8-17(14-18)15-22-20(24)12-13-26-19-10-5-4-6-11-19/h4-11,14,16H,3,12-13,15H2,1-2H3,(H,22,24)(H,23,25). The van der Waals surface area contributed by atoms with Gasteiger partial charge in [-0.1, -0.05) is 37.3 Å². The first kappa shape index (κ1) is 20.0. The van der Waals surface area contributed by atoms with Gasteiger partial charge < -0.3 is 10.6 Å². The van der Waals surface area contributed by atoms with Crippen LogP contribution in [0.1, 0.15) is 42.6 Å². The summed E-state index contributed by atoms with van der Waals surface area (Å²) in [6.45, 7) is 4.45. The van der Waals surface area contributed by atoms with E-state index in [0.717, 1.165) is 17.7 Å². The molecular weight excluding hydrogens is 344 g/mol. The van der Waals surface area contributed by atoms with Gasteiger partial charge in [-0.3, -0.25) is 9.59 Å². The van der Waals surface area contributed by atoms with E-state index in [-0.39, 0.29) is 17.9 Å². The van der Waals surface area contributed by atoms with E-state index in [0.29, 0.717) is 18.5 Å². The van der Waals surface area contributed by atoms with Crippen LogP contribution in [0.4, 0.5) is 0 Å². The summed E-state index contributed by atoms with van der Waals surface area (Å²) in [6.07, 6.45) is 1.36. The minimum Gasteiger partial charge on any atom is -0.352 e. The van der Waals surface area contributed by atoms with E-state index in [9.17, 15) is 9.59 Å². The first-order chi connectivity index (χ1) is 12.6. The van der Waals surface area contributed by atoms with Crippen LogP contribution in [0.2, 0.25) is 0 Å². The highest BCUT2D eigenvalue weighted by molar-refractivity contribution is 7.99. The summed E-state index contributed by atoms with van der Waals surface area (Å²) in [5, 5.41) is 5.87. The monoisotopic (exact) mass is 370 g/mol. The normalized spacial score (nSPS) is 11.6. The molecule has 0 fully saturated rings. The molecule has 1 unspecified atom stereocenters. The van der Waals surface area contributed by atoms with Gasteiger partial charge in [0, 0.05) is 35.2 Å². The molecule has 4 nitrogen and oxygen atoms in total. The molecule has 2 N–H and O–H groups in total. The minimum atomic E-state index is -0.0770. The lowest BCUT2D eigenvalue weighted by atomic mass is 10.1. The number of rotatable bonds is 9. The van der Waals surface area contributed by atoms with Gasteiger partial charge in [0.2, 0.25) is 5.91 Å². The van der Waals surface area contributed by atoms with Crippen molar-refractivity contribution < 1.29 is 9.59 Å². The third-order valence-electron chi connectivity index (χ3n) is 4.01. The van der Waals surface area contributed by atoms with E-state index in [1.54, 1.807) is 17.8 Å². The summed E-state index contributed by atoms with van der Waals surface area (Å²) in [4.78, 5) is 25.4. The first-order valence-electron chi connectivity index (χ1n) is 8.93. The molecule has 2 amide bonds. The molecule has 0 radical (unpaired) electrons. The molecule has 0 bridgehead atoms. The van der Waals surface area contributed by atoms with Gasteiger partial charge in [0.15, 0.2) is 0 Å². The summed E-state index contributed by atoms with van der Waals surface area (Å²) in [5.41, 5.74) is 1.54. The van der Waals surface area contributed by atoms with Crippen molar-refractivity contribution in [1.82, 2.24) is 10.6 Å². The summed E-state index contributed by atoms with van der Waals surface area (Å²) in [6, 6.07) is 17.6. The van der Waals surface area contributed by atoms with Crippen LogP contribution < -0.4 is 10.6 Å². The van der Waals surface area contributed by atoms with Crippen LogP contribution in [-0.4, -0.2) is 23.6 Å². The second kappa shape index (κ2) is 10.7. The van der Waals surface area contributed by atoms with E-state index in [4.69, 9.17) is 0 Å². The lowest BCUT2D eigenvalue weighted by Crippen LogP contribution is -2.32. The molecule has 0 aromatic heterocycles. The Morgan fingerprint density at radius 2 is 1.85 bits per heavy atom. The van der Waals surface area contributed by atoms with Crippen LogP contribution in [0.25, 0.3) is 0 Å². The molecule has 0 saturated heterocycles. The van der Waals surface area contributed by atoms with Crippen LogP contribution in [0.15, 0.2) is 59.5 Å². The molecule has 26 heavy (non-hydrogen) atoms. The molecular formula is C21H26N2O2S. The SMILES string of the molecule is CCC(C)NC(=O)c1cccc(CNC(=O)CCSc2ccccc2)c1. The average molecular weight is 371 g/mol. The number of benzene rings is 2. The molecule has 0 aliphatic rings. The Morgan fingerprint density at radius 3 is 2.58 bits per heavy atom. The topological polar surface area (TPSA) is 58.2 Å². The van der Waals surface area contributed by atoms with Gasteiger partial charge in [-0.05, 0) is 43.2 Å². The fourth-order valence-corrected chi connectivity index (χ4v) is 3.17. The van der Waals surface area contributed by atoms with Crippen molar-refractivity contribution in [2.75, 3.05) is 5.75 Å². The Labute approximate surface area is 159 Å². The molecule has 1 atom stereocenters. The molecule has 138 valence electrons. The van der Waals surface area contributed by atoms with Gasteiger partial charge in [-0.15, -0.1) is 11.8 Å². The van der Waals surface area contributed by atoms with Crippen LogP contribution in [0.3, 0.4) is 0 Å². The van der Waals surface area contributed by atoms with Gasteiger partial charge in [0.1, 0.15) is 0 Å². The maximum Gasteiger partial charge on any atom is 0.251 e. The highest BCUT2D eigenvalue weighted by Crippen LogP contribution is 2.17. The van der Waals surface area contributed by atoms with Crippen LogP contribution >= 0.6 is 11.8 Å². The number of nitrogens with one attached hydrogen (secondary N) is 2. The van der Waals surface area contributed by atoms with E-state index < -0.39 is 0 Å². The highest BCUT2D eigenvalue weighted by Gasteiger charge is 2.09. The largest absolute Gasteiger partial charge is 0.352 e. The fraction of sp³-hybridized carbons (Fsp3) is 0.333. The average Bonchev–Trinajstić information content (AvgIpc) is 2.67. The number of hydrogen-bond donors (Lipinski definition) is 2. The minimum absolute atomic E-state index is 0.0166. The van der Waals surface area contributed by atoms with Gasteiger partial charge in [-0.2, -0.15) is 0 Å². The Balaban J connectivity index is 1.77. The van der Waals surface area contributed by atoms with Crippen molar-refractivity contribution in [3.8, 4) is 0 Å². The Kier molecular flexibility index (Phi) is 8.22. The van der Waals surface area contributed by atoms with Crippen molar-refractivity contribution >= 4 is 23.6 Å². The van der Waals surface area contributed by atoms with Crippen LogP contribution in [-0.2, 0) is 11.3 Å². The maximum atomic E-state index is 12.2. The molecule has 0 spiro atoms. The number of carbonyl (C=O) groups is 2. The van der Waals surface area contributed by atoms with E-state index >= 15 is 0 Å². The summed E-state index contributed by atoms with van der Waals surface area (Å²) in [5.74, 6) is 0.683. The van der Waals surface area contributed by atoms with Crippen molar-refractivity contribution in [2.45, 2.75) is 44.2 Å². The molecule has 0 saturated carbocycles. The van der Waals surface area contributed by atoms with E-state index in [1.807, 2.05) is 62.4 Å². The van der Waals surface area contributed by atoms with Crippen LogP contribution in [0, 0.1) is 0 Å². The van der Waals surface area contributed by atoms with Crippen molar-refractivity contribution in [2.24, 2.45) is 0 Å². The maximum absolute atomic E-state index is 12.2. The quantitative estimate of drug-likeness (QED) is 0.656. The van der Waals surface area contributed by atoms with Crippen LogP contribution in [0.5, 0.6) is 0 Å². The second-order valence-electron chi connectivity index (χ2n) is 6.17. The summed E-state index contributed by atoms with van der Waals surface area (Å²) in [7, 11) is 0. The van der Waals surface area contributed by atoms with E-state index in [1.165, 1.54) is 4.90 Å². The third-order valence-corrected chi connectivity index (χ3v) is 5.02. The highest BCUT2D eigenvalue weighted by atomic mass is 32.2. The number of carbonyl (C=O) groups excluding carboxylic acids is 2.